The van der Waals surface area contributed by atoms with E-state index in [4.69, 9.17) is 13.9 Å². The Morgan fingerprint density at radius 1 is 0.895 bits per heavy atom. The summed E-state index contributed by atoms with van der Waals surface area (Å²) in [5.74, 6) is 0.220. The zero-order valence-corrected chi connectivity index (χ0v) is 24.0. The van der Waals surface area contributed by atoms with Crippen LogP contribution in [0.25, 0.3) is 11.1 Å². The number of hydrogen-bond donors (Lipinski definition) is 1. The molecule has 0 heterocycles. The largest absolute Gasteiger partial charge is 0.544 e. The molecule has 0 radical (unpaired) electrons. The highest BCUT2D eigenvalue weighted by molar-refractivity contribution is 6.74. The quantitative estimate of drug-likeness (QED) is 0.259. The molecule has 1 atom stereocenters. The van der Waals surface area contributed by atoms with Crippen LogP contribution in [0.4, 0.5) is 4.79 Å². The minimum absolute atomic E-state index is 0.0572. The number of rotatable bonds is 8. The van der Waals surface area contributed by atoms with Gasteiger partial charge in [0.1, 0.15) is 18.4 Å². The maximum atomic E-state index is 12.8. The van der Waals surface area contributed by atoms with Gasteiger partial charge in [-0.15, -0.1) is 0 Å². The van der Waals surface area contributed by atoms with Gasteiger partial charge >= 0.3 is 12.1 Å². The molecule has 0 aromatic heterocycles. The first-order valence-electron chi connectivity index (χ1n) is 13.0. The molecule has 1 aliphatic carbocycles. The summed E-state index contributed by atoms with van der Waals surface area (Å²) in [6, 6.07) is 23.1. The van der Waals surface area contributed by atoms with Gasteiger partial charge in [-0.2, -0.15) is 0 Å². The second kappa shape index (κ2) is 11.0. The average molecular weight is 532 g/mol. The van der Waals surface area contributed by atoms with Crippen molar-refractivity contribution in [3.05, 3.63) is 89.5 Å². The van der Waals surface area contributed by atoms with Crippen molar-refractivity contribution in [1.82, 2.24) is 5.32 Å². The number of amides is 1. The minimum atomic E-state index is -1.95. The molecule has 3 aromatic carbocycles. The topological polar surface area (TPSA) is 73.9 Å². The van der Waals surface area contributed by atoms with Gasteiger partial charge < -0.3 is 19.2 Å². The number of methoxy groups -OCH3 is 1. The molecular weight excluding hydrogens is 494 g/mol. The fraction of sp³-hybridized carbons (Fsp3) is 0.355. The molecule has 0 aliphatic heterocycles. The second-order valence-electron chi connectivity index (χ2n) is 11.3. The maximum absolute atomic E-state index is 12.8. The standard InChI is InChI=1S/C31H37NO5Si/c1-31(2,3)38(5,6)37-22-17-15-21(16-18-22)19-28(29(33)35-4)32-30(34)36-20-27-25-13-9-7-11-23(25)24-12-8-10-14-26(24)27/h7-18,27-28H,19-20H2,1-6H3,(H,32,34)/t28-/m0/s1. The van der Waals surface area contributed by atoms with Crippen LogP contribution in [0.1, 0.15) is 43.4 Å². The highest BCUT2D eigenvalue weighted by Gasteiger charge is 2.39. The van der Waals surface area contributed by atoms with Gasteiger partial charge in [-0.25, -0.2) is 9.59 Å². The summed E-state index contributed by atoms with van der Waals surface area (Å²) in [5.41, 5.74) is 5.45. The minimum Gasteiger partial charge on any atom is -0.544 e. The molecule has 38 heavy (non-hydrogen) atoms. The number of benzene rings is 3. The molecule has 4 rings (SSSR count). The Hall–Kier alpha value is -3.58. The molecule has 1 aliphatic rings. The molecule has 7 heteroatoms. The van der Waals surface area contributed by atoms with Gasteiger partial charge in [0.2, 0.25) is 8.32 Å². The highest BCUT2D eigenvalue weighted by atomic mass is 28.4. The molecular formula is C31H37NO5Si. The normalized spacial score (nSPS) is 13.7. The lowest BCUT2D eigenvalue weighted by Crippen LogP contribution is -2.44. The zero-order chi connectivity index (χ0) is 27.5. The van der Waals surface area contributed by atoms with Gasteiger partial charge in [-0.05, 0) is 58.1 Å². The number of carbonyl (C=O) groups excluding carboxylic acids is 2. The zero-order valence-electron chi connectivity index (χ0n) is 23.0. The lowest BCUT2D eigenvalue weighted by atomic mass is 9.98. The summed E-state index contributed by atoms with van der Waals surface area (Å²) in [6.07, 6.45) is -0.378. The molecule has 0 unspecified atom stereocenters. The SMILES string of the molecule is COC(=O)[C@H](Cc1ccc(O[Si](C)(C)C(C)(C)C)cc1)NC(=O)OCC1c2ccccc2-c2ccccc21. The third-order valence-electron chi connectivity index (χ3n) is 7.66. The van der Waals surface area contributed by atoms with E-state index in [9.17, 15) is 9.59 Å². The molecule has 3 aromatic rings. The monoisotopic (exact) mass is 531 g/mol. The molecule has 200 valence electrons. The van der Waals surface area contributed by atoms with E-state index in [1.165, 1.54) is 7.11 Å². The fourth-order valence-corrected chi connectivity index (χ4v) is 5.53. The molecule has 1 N–H and O–H groups in total. The maximum Gasteiger partial charge on any atom is 0.407 e. The van der Waals surface area contributed by atoms with Gasteiger partial charge in [-0.1, -0.05) is 81.4 Å². The Balaban J connectivity index is 1.40. The first kappa shape index (κ1) is 27.5. The molecule has 0 fully saturated rings. The lowest BCUT2D eigenvalue weighted by Gasteiger charge is -2.36. The number of alkyl carbamates (subject to hydrolysis) is 1. The summed E-state index contributed by atoms with van der Waals surface area (Å²) in [6.45, 7) is 11.2. The Morgan fingerprint density at radius 2 is 1.45 bits per heavy atom. The van der Waals surface area contributed by atoms with Crippen molar-refractivity contribution in [1.29, 1.82) is 0 Å². The number of nitrogens with one attached hydrogen (secondary N) is 1. The number of ether oxygens (including phenoxy) is 2. The fourth-order valence-electron chi connectivity index (χ4n) is 4.49. The van der Waals surface area contributed by atoms with E-state index in [0.29, 0.717) is 0 Å². The second-order valence-corrected chi connectivity index (χ2v) is 16.0. The lowest BCUT2D eigenvalue weighted by molar-refractivity contribution is -0.143. The Labute approximate surface area is 226 Å². The van der Waals surface area contributed by atoms with Gasteiger partial charge in [0, 0.05) is 12.3 Å². The van der Waals surface area contributed by atoms with Gasteiger partial charge in [0.25, 0.3) is 0 Å². The van der Waals surface area contributed by atoms with E-state index in [0.717, 1.165) is 33.6 Å². The predicted octanol–water partition coefficient (Wildman–Crippen LogP) is 6.69. The van der Waals surface area contributed by atoms with Crippen LogP contribution in [-0.2, 0) is 20.7 Å². The van der Waals surface area contributed by atoms with Crippen molar-refractivity contribution in [2.75, 3.05) is 13.7 Å². The smallest absolute Gasteiger partial charge is 0.407 e. The Kier molecular flexibility index (Phi) is 7.97. The van der Waals surface area contributed by atoms with Crippen LogP contribution in [0.2, 0.25) is 18.1 Å². The Bertz CT molecular complexity index is 1250. The summed E-state index contributed by atoms with van der Waals surface area (Å²) < 4.78 is 16.9. The summed E-state index contributed by atoms with van der Waals surface area (Å²) in [7, 11) is -0.643. The van der Waals surface area contributed by atoms with Crippen molar-refractivity contribution in [2.24, 2.45) is 0 Å². The molecule has 0 spiro atoms. The number of hydrogen-bond acceptors (Lipinski definition) is 5. The van der Waals surface area contributed by atoms with Gasteiger partial charge in [-0.3, -0.25) is 0 Å². The number of esters is 1. The van der Waals surface area contributed by atoms with Crippen LogP contribution in [0.15, 0.2) is 72.8 Å². The molecule has 0 bridgehead atoms. The predicted molar refractivity (Wildman–Crippen MR) is 152 cm³/mol. The van der Waals surface area contributed by atoms with Crippen LogP contribution in [-0.4, -0.2) is 40.1 Å². The first-order valence-corrected chi connectivity index (χ1v) is 15.9. The summed E-state index contributed by atoms with van der Waals surface area (Å²) >= 11 is 0. The number of carbonyl (C=O) groups is 2. The number of fused-ring (bicyclic) bond motifs is 3. The van der Waals surface area contributed by atoms with Crippen LogP contribution >= 0.6 is 0 Å². The van der Waals surface area contributed by atoms with Crippen molar-refractivity contribution in [3.8, 4) is 16.9 Å². The van der Waals surface area contributed by atoms with E-state index in [1.54, 1.807) is 0 Å². The summed E-state index contributed by atoms with van der Waals surface area (Å²) in [4.78, 5) is 25.3. The van der Waals surface area contributed by atoms with Crippen LogP contribution in [0, 0.1) is 0 Å². The molecule has 0 saturated heterocycles. The van der Waals surface area contributed by atoms with E-state index < -0.39 is 26.4 Å². The van der Waals surface area contributed by atoms with E-state index in [-0.39, 0.29) is 24.0 Å². The third-order valence-corrected chi connectivity index (χ3v) is 12.0. The highest BCUT2D eigenvalue weighted by Crippen LogP contribution is 2.44. The molecule has 0 saturated carbocycles. The van der Waals surface area contributed by atoms with Crippen molar-refractivity contribution in [2.45, 2.75) is 57.3 Å². The summed E-state index contributed by atoms with van der Waals surface area (Å²) in [5, 5.41) is 2.79. The van der Waals surface area contributed by atoms with E-state index in [1.807, 2.05) is 48.5 Å². The van der Waals surface area contributed by atoms with Crippen LogP contribution < -0.4 is 9.74 Å². The van der Waals surface area contributed by atoms with Crippen molar-refractivity contribution < 1.29 is 23.5 Å². The third kappa shape index (κ3) is 5.94. The Morgan fingerprint density at radius 3 is 1.97 bits per heavy atom. The van der Waals surface area contributed by atoms with Crippen LogP contribution in [0.3, 0.4) is 0 Å². The van der Waals surface area contributed by atoms with Gasteiger partial charge in [0.15, 0.2) is 0 Å². The van der Waals surface area contributed by atoms with Crippen molar-refractivity contribution >= 4 is 20.4 Å². The van der Waals surface area contributed by atoms with E-state index in [2.05, 4.69) is 63.4 Å². The molecule has 1 amide bonds. The van der Waals surface area contributed by atoms with Gasteiger partial charge in [0.05, 0.1) is 7.11 Å². The first-order chi connectivity index (χ1) is 18.0. The molecule has 6 nitrogen and oxygen atoms in total. The van der Waals surface area contributed by atoms with Crippen molar-refractivity contribution in [3.63, 3.8) is 0 Å². The van der Waals surface area contributed by atoms with E-state index >= 15 is 0 Å². The average Bonchev–Trinajstić information content (AvgIpc) is 3.20. The van der Waals surface area contributed by atoms with Crippen LogP contribution in [0.5, 0.6) is 5.75 Å².